The molecule has 0 bridgehead atoms. The van der Waals surface area contributed by atoms with Gasteiger partial charge in [0.25, 0.3) is 0 Å². The predicted octanol–water partition coefficient (Wildman–Crippen LogP) is -63.7. The summed E-state index contributed by atoms with van der Waals surface area (Å²) in [5.74, 6) is 0. The second-order valence-corrected chi connectivity index (χ2v) is 0. The van der Waals surface area contributed by atoms with Crippen molar-refractivity contribution in [3.63, 3.8) is 0 Å². The van der Waals surface area contributed by atoms with Crippen LogP contribution in [-0.2, 0) is 0 Å². The van der Waals surface area contributed by atoms with E-state index in [1.807, 2.05) is 0 Å². The fourth-order valence-electron chi connectivity index (χ4n) is 0. The van der Waals surface area contributed by atoms with Crippen molar-refractivity contribution in [1.29, 1.82) is 0 Å². The van der Waals surface area contributed by atoms with Crippen molar-refractivity contribution in [2.45, 2.75) is 0 Å². The molecule has 0 aliphatic heterocycles. The van der Waals surface area contributed by atoms with Crippen molar-refractivity contribution in [1.82, 2.24) is 0 Å². The largest absolute Gasteiger partial charge is 2.00 e. The van der Waals surface area contributed by atoms with E-state index in [2.05, 4.69) is 0 Å². The molecule has 0 aliphatic carbocycles. The van der Waals surface area contributed by atoms with Gasteiger partial charge in [-0.15, -0.1) is 0 Å². The van der Waals surface area contributed by atoms with Gasteiger partial charge in [0.05, 0.1) is 0 Å². The van der Waals surface area contributed by atoms with Crippen LogP contribution in [-0.4, -0.2) is 231 Å². The van der Waals surface area contributed by atoms with E-state index in [4.69, 9.17) is 0 Å². The molecule has 0 nitrogen and oxygen atoms in total. The fourth-order valence-corrected chi connectivity index (χ4v) is 0. The first kappa shape index (κ1) is 432. The Morgan fingerprint density at radius 3 is 0.0667 bits per heavy atom. The summed E-state index contributed by atoms with van der Waals surface area (Å²) in [6, 6.07) is 0. The summed E-state index contributed by atoms with van der Waals surface area (Å²) in [7, 11) is 0. The van der Waals surface area contributed by atoms with Crippen molar-refractivity contribution in [2.75, 3.05) is 0 Å². The van der Waals surface area contributed by atoms with Crippen LogP contribution in [0.3, 0.4) is 0 Å². The average Bonchev–Trinajstić information content (AvgIpc) is 0. The Kier molecular flexibility index (Phi) is 5810. The molecule has 0 heterocycles. The molecule has 160 valence electrons. The van der Waals surface area contributed by atoms with Crippen LogP contribution in [0.1, 0.15) is 0 Å². The zero-order valence-electron chi connectivity index (χ0n) is 14.6. The summed E-state index contributed by atoms with van der Waals surface area (Å²) in [5.41, 5.74) is 0. The maximum atomic E-state index is 0. The molecule has 0 spiro atoms. The standard InChI is InChI=1S/20ClH.10Mg/h20*1H;;;;;;;;;;/q;;;;;;;;;;;;;;;;;;;;10*+2/p-20. The third-order valence-corrected chi connectivity index (χ3v) is 0. The van der Waals surface area contributed by atoms with Gasteiger partial charge < -0.3 is 248 Å². The molecule has 30 heteroatoms. The fraction of sp³-hybridized carbons (Fsp3) is 0. The summed E-state index contributed by atoms with van der Waals surface area (Å²) >= 11 is 0. The normalized spacial score (nSPS) is 0. The molecule has 0 N–H and O–H groups in total. The van der Waals surface area contributed by atoms with Gasteiger partial charge in [0.15, 0.2) is 0 Å². The van der Waals surface area contributed by atoms with Gasteiger partial charge in [-0.1, -0.05) is 0 Å². The van der Waals surface area contributed by atoms with Gasteiger partial charge in [-0.05, 0) is 0 Å². The van der Waals surface area contributed by atoms with E-state index in [0.717, 1.165) is 0 Å². The van der Waals surface area contributed by atoms with Gasteiger partial charge in [-0.3, -0.25) is 0 Å². The molecule has 0 aromatic rings. The van der Waals surface area contributed by atoms with Gasteiger partial charge in [-0.25, -0.2) is 0 Å². The molecule has 0 aromatic carbocycles. The number of halogens is 20. The smallest absolute Gasteiger partial charge is 1.00 e. The van der Waals surface area contributed by atoms with Gasteiger partial charge in [0, 0.05) is 0 Å². The minimum atomic E-state index is 0. The summed E-state index contributed by atoms with van der Waals surface area (Å²) in [6.45, 7) is 0. The summed E-state index contributed by atoms with van der Waals surface area (Å²) < 4.78 is 0. The topological polar surface area (TPSA) is 0 Å². The molecular formula is Cl20Mg10. The molecule has 0 aromatic heterocycles. The Morgan fingerprint density at radius 2 is 0.0667 bits per heavy atom. The molecule has 0 amide bonds. The van der Waals surface area contributed by atoms with Crippen molar-refractivity contribution < 1.29 is 248 Å². The molecule has 0 atom stereocenters. The van der Waals surface area contributed by atoms with Gasteiger partial charge in [-0.2, -0.15) is 0 Å². The maximum Gasteiger partial charge on any atom is 2.00 e. The van der Waals surface area contributed by atoms with Crippen LogP contribution < -0.4 is 248 Å². The van der Waals surface area contributed by atoms with Crippen molar-refractivity contribution >= 4 is 231 Å². The van der Waals surface area contributed by atoms with E-state index in [-0.39, 0.29) is 479 Å². The second kappa shape index (κ2) is 403. The molecule has 0 saturated heterocycles. The first-order valence-corrected chi connectivity index (χ1v) is 0. The van der Waals surface area contributed by atoms with Crippen LogP contribution in [0, 0.1) is 0 Å². The average molecular weight is 952 g/mol. The van der Waals surface area contributed by atoms with Crippen LogP contribution in [0.5, 0.6) is 0 Å². The summed E-state index contributed by atoms with van der Waals surface area (Å²) in [5, 5.41) is 0. The molecular weight excluding hydrogens is 952 g/mol. The Bertz CT molecular complexity index is 27.5. The summed E-state index contributed by atoms with van der Waals surface area (Å²) in [4.78, 5) is 0. The van der Waals surface area contributed by atoms with Gasteiger partial charge >= 0.3 is 231 Å². The predicted molar refractivity (Wildman–Crippen MR) is 57.5 cm³/mol. The van der Waals surface area contributed by atoms with Crippen LogP contribution in [0.25, 0.3) is 0 Å². The quantitative estimate of drug-likeness (QED) is 0.212. The molecule has 0 aliphatic rings. The SMILES string of the molecule is [Cl-].[Cl-].[Cl-].[Cl-].[Cl-].[Cl-].[Cl-].[Cl-].[Cl-].[Cl-].[Cl-].[Cl-].[Cl-].[Cl-].[Cl-].[Cl-].[Cl-].[Cl-].[Cl-].[Cl-].[Mg+2].[Mg+2].[Mg+2].[Mg+2].[Mg+2].[Mg+2].[Mg+2].[Mg+2].[Mg+2].[Mg+2]. The van der Waals surface area contributed by atoms with Gasteiger partial charge in [0.1, 0.15) is 0 Å². The van der Waals surface area contributed by atoms with Crippen LogP contribution in [0.4, 0.5) is 0 Å². The molecule has 0 saturated carbocycles. The number of hydrogen-bond donors (Lipinski definition) is 0. The Balaban J connectivity index is 0. The van der Waals surface area contributed by atoms with Crippen LogP contribution in [0.15, 0.2) is 0 Å². The van der Waals surface area contributed by atoms with Crippen LogP contribution in [0.2, 0.25) is 0 Å². The summed E-state index contributed by atoms with van der Waals surface area (Å²) in [6.07, 6.45) is 0. The Hall–Kier alpha value is 13.5. The van der Waals surface area contributed by atoms with E-state index in [1.165, 1.54) is 0 Å². The van der Waals surface area contributed by atoms with Crippen molar-refractivity contribution in [3.05, 3.63) is 0 Å². The minimum absolute atomic E-state index is 0. The van der Waals surface area contributed by atoms with E-state index in [9.17, 15) is 0 Å². The molecule has 0 fully saturated rings. The second-order valence-electron chi connectivity index (χ2n) is 0. The third kappa shape index (κ3) is 375. The van der Waals surface area contributed by atoms with Crippen LogP contribution >= 0.6 is 0 Å². The number of hydrogen-bond acceptors (Lipinski definition) is 0. The number of rotatable bonds is 0. The maximum absolute atomic E-state index is 0. The Morgan fingerprint density at radius 1 is 0.0667 bits per heavy atom. The zero-order chi connectivity index (χ0) is 0. The first-order chi connectivity index (χ1) is 0. The van der Waals surface area contributed by atoms with Crippen molar-refractivity contribution in [3.8, 4) is 0 Å². The zero-order valence-corrected chi connectivity index (χ0v) is 43.9. The third-order valence-electron chi connectivity index (χ3n) is 0. The molecule has 0 unspecified atom stereocenters. The van der Waals surface area contributed by atoms with E-state index < -0.39 is 0 Å². The monoisotopic (exact) mass is 939 g/mol. The van der Waals surface area contributed by atoms with Crippen molar-refractivity contribution in [2.24, 2.45) is 0 Å². The van der Waals surface area contributed by atoms with E-state index in [1.54, 1.807) is 0 Å². The molecule has 0 radical (unpaired) electrons. The molecule has 30 heavy (non-hydrogen) atoms. The van der Waals surface area contributed by atoms with Gasteiger partial charge in [0.2, 0.25) is 0 Å². The van der Waals surface area contributed by atoms with E-state index in [0.29, 0.717) is 0 Å². The Labute approximate surface area is 467 Å². The molecule has 0 rings (SSSR count). The first-order valence-electron chi connectivity index (χ1n) is 0. The van der Waals surface area contributed by atoms with E-state index >= 15 is 0 Å². The minimum Gasteiger partial charge on any atom is -1.00 e.